The Morgan fingerprint density at radius 3 is 2.42 bits per heavy atom. The lowest BCUT2D eigenvalue weighted by Gasteiger charge is -2.39. The van der Waals surface area contributed by atoms with Crippen LogP contribution in [0.25, 0.3) is 0 Å². The predicted molar refractivity (Wildman–Crippen MR) is 91.6 cm³/mol. The van der Waals surface area contributed by atoms with Crippen molar-refractivity contribution in [1.82, 2.24) is 4.98 Å². The minimum atomic E-state index is -1.42. The summed E-state index contributed by atoms with van der Waals surface area (Å²) in [5.74, 6) is -1.38. The predicted octanol–water partition coefficient (Wildman–Crippen LogP) is 1.82. The summed E-state index contributed by atoms with van der Waals surface area (Å²) < 4.78 is 18.8. The number of carbonyl (C=O) groups is 2. The Hall–Kier alpha value is -3.16. The highest BCUT2D eigenvalue weighted by atomic mass is 19.1. The molecule has 1 aliphatic rings. The summed E-state index contributed by atoms with van der Waals surface area (Å²) in [6.07, 6.45) is 1.90. The molecule has 3 rings (SSSR count). The van der Waals surface area contributed by atoms with Gasteiger partial charge < -0.3 is 20.5 Å². The van der Waals surface area contributed by atoms with Crippen molar-refractivity contribution in [1.29, 1.82) is 0 Å². The quantitative estimate of drug-likeness (QED) is 0.844. The number of ether oxygens (including phenoxy) is 1. The minimum Gasteiger partial charge on any atom is -0.478 e. The van der Waals surface area contributed by atoms with Gasteiger partial charge in [0.1, 0.15) is 17.4 Å². The molecular weight excluding hydrogens is 341 g/mol. The molecule has 1 amide bonds. The number of carboxylic acids is 1. The third-order valence-electron chi connectivity index (χ3n) is 4.44. The van der Waals surface area contributed by atoms with Crippen LogP contribution in [0.15, 0.2) is 42.6 Å². The molecular formula is C18H18FN3O4. The van der Waals surface area contributed by atoms with E-state index in [1.54, 1.807) is 18.3 Å². The van der Waals surface area contributed by atoms with Crippen LogP contribution in [-0.2, 0) is 4.79 Å². The van der Waals surface area contributed by atoms with Crippen LogP contribution in [0.2, 0.25) is 0 Å². The molecule has 2 heterocycles. The van der Waals surface area contributed by atoms with Crippen molar-refractivity contribution in [2.24, 2.45) is 5.73 Å². The van der Waals surface area contributed by atoms with E-state index in [1.165, 1.54) is 24.3 Å². The van der Waals surface area contributed by atoms with E-state index in [-0.39, 0.29) is 24.2 Å². The van der Waals surface area contributed by atoms with E-state index in [0.717, 1.165) is 0 Å². The molecule has 1 aliphatic heterocycles. The highest BCUT2D eigenvalue weighted by Gasteiger charge is 2.44. The van der Waals surface area contributed by atoms with Gasteiger partial charge in [0.05, 0.1) is 5.56 Å². The minimum absolute atomic E-state index is 0.175. The first-order chi connectivity index (χ1) is 12.4. The van der Waals surface area contributed by atoms with Gasteiger partial charge in [-0.1, -0.05) is 0 Å². The van der Waals surface area contributed by atoms with Crippen LogP contribution in [0.5, 0.6) is 5.75 Å². The monoisotopic (exact) mass is 359 g/mol. The van der Waals surface area contributed by atoms with Gasteiger partial charge in [0, 0.05) is 32.1 Å². The number of piperidine rings is 1. The first-order valence-corrected chi connectivity index (χ1v) is 8.09. The van der Waals surface area contributed by atoms with E-state index in [4.69, 9.17) is 10.5 Å². The number of nitrogens with two attached hydrogens (primary N) is 1. The van der Waals surface area contributed by atoms with Gasteiger partial charge in [-0.25, -0.2) is 14.2 Å². The van der Waals surface area contributed by atoms with Crippen molar-refractivity contribution in [3.63, 3.8) is 0 Å². The molecule has 0 radical (unpaired) electrons. The van der Waals surface area contributed by atoms with Gasteiger partial charge in [0.2, 0.25) is 5.60 Å². The standard InChI is InChI=1S/C18H18FN3O4/c19-12-3-5-13(6-4-12)26-18(17(24)25)7-10-22(11-8-18)16-14(15(20)23)2-1-9-21-16/h1-6,9H,7-8,10-11H2,(H2,20,23)(H,24,25). The lowest BCUT2D eigenvalue weighted by atomic mass is 9.90. The van der Waals surface area contributed by atoms with Crippen LogP contribution in [0.4, 0.5) is 10.2 Å². The van der Waals surface area contributed by atoms with Gasteiger partial charge in [-0.15, -0.1) is 0 Å². The molecule has 136 valence electrons. The number of halogens is 1. The van der Waals surface area contributed by atoms with Gasteiger partial charge in [0.25, 0.3) is 5.91 Å². The molecule has 0 spiro atoms. The fourth-order valence-corrected chi connectivity index (χ4v) is 3.01. The van der Waals surface area contributed by atoms with Gasteiger partial charge >= 0.3 is 5.97 Å². The number of aliphatic carboxylic acids is 1. The smallest absolute Gasteiger partial charge is 0.348 e. The number of benzene rings is 1. The van der Waals surface area contributed by atoms with Crippen molar-refractivity contribution >= 4 is 17.7 Å². The summed E-state index contributed by atoms with van der Waals surface area (Å²) in [6, 6.07) is 8.43. The van der Waals surface area contributed by atoms with E-state index < -0.39 is 23.3 Å². The molecule has 2 aromatic rings. The number of anilines is 1. The molecule has 0 bridgehead atoms. The number of rotatable bonds is 5. The molecule has 26 heavy (non-hydrogen) atoms. The highest BCUT2D eigenvalue weighted by Crippen LogP contribution is 2.32. The second-order valence-corrected chi connectivity index (χ2v) is 6.08. The zero-order chi connectivity index (χ0) is 18.7. The fraction of sp³-hybridized carbons (Fsp3) is 0.278. The molecule has 1 saturated heterocycles. The molecule has 1 aromatic heterocycles. The fourth-order valence-electron chi connectivity index (χ4n) is 3.01. The topological polar surface area (TPSA) is 106 Å². The molecule has 8 heteroatoms. The number of carboxylic acid groups (broad SMARTS) is 1. The molecule has 1 aromatic carbocycles. The number of hydrogen-bond donors (Lipinski definition) is 2. The summed E-state index contributed by atoms with van der Waals surface area (Å²) in [6.45, 7) is 0.648. The summed E-state index contributed by atoms with van der Waals surface area (Å²) in [7, 11) is 0. The maximum absolute atomic E-state index is 13.0. The second-order valence-electron chi connectivity index (χ2n) is 6.08. The van der Waals surface area contributed by atoms with Gasteiger partial charge in [0.15, 0.2) is 0 Å². The maximum atomic E-state index is 13.0. The van der Waals surface area contributed by atoms with E-state index in [9.17, 15) is 19.1 Å². The normalized spacial score (nSPS) is 16.1. The van der Waals surface area contributed by atoms with E-state index >= 15 is 0 Å². The number of hydrogen-bond acceptors (Lipinski definition) is 5. The van der Waals surface area contributed by atoms with E-state index in [1.807, 2.05) is 4.90 Å². The van der Waals surface area contributed by atoms with Crippen molar-refractivity contribution in [3.05, 3.63) is 54.0 Å². The number of carbonyl (C=O) groups excluding carboxylic acids is 1. The van der Waals surface area contributed by atoms with Gasteiger partial charge in [-0.05, 0) is 36.4 Å². The second kappa shape index (κ2) is 6.99. The third kappa shape index (κ3) is 3.44. The number of aromatic nitrogens is 1. The van der Waals surface area contributed by atoms with Crippen LogP contribution in [0.3, 0.4) is 0 Å². The Labute approximate surface area is 149 Å². The third-order valence-corrected chi connectivity index (χ3v) is 4.44. The Morgan fingerprint density at radius 1 is 1.19 bits per heavy atom. The molecule has 0 aliphatic carbocycles. The van der Waals surface area contributed by atoms with E-state index in [0.29, 0.717) is 18.9 Å². The first kappa shape index (κ1) is 17.7. The first-order valence-electron chi connectivity index (χ1n) is 8.09. The molecule has 1 fully saturated rings. The molecule has 3 N–H and O–H groups in total. The largest absolute Gasteiger partial charge is 0.478 e. The lowest BCUT2D eigenvalue weighted by molar-refractivity contribution is -0.157. The molecule has 0 atom stereocenters. The SMILES string of the molecule is NC(=O)c1cccnc1N1CCC(Oc2ccc(F)cc2)(C(=O)O)CC1. The van der Waals surface area contributed by atoms with Crippen LogP contribution in [0, 0.1) is 5.82 Å². The van der Waals surface area contributed by atoms with Crippen molar-refractivity contribution in [3.8, 4) is 5.75 Å². The average Bonchev–Trinajstić information content (AvgIpc) is 2.64. The van der Waals surface area contributed by atoms with Crippen molar-refractivity contribution < 1.29 is 23.8 Å². The summed E-state index contributed by atoms with van der Waals surface area (Å²) in [5.41, 5.74) is 4.25. The maximum Gasteiger partial charge on any atom is 0.348 e. The lowest BCUT2D eigenvalue weighted by Crippen LogP contribution is -2.53. The average molecular weight is 359 g/mol. The van der Waals surface area contributed by atoms with Crippen molar-refractivity contribution in [2.75, 3.05) is 18.0 Å². The summed E-state index contributed by atoms with van der Waals surface area (Å²) in [4.78, 5) is 29.5. The van der Waals surface area contributed by atoms with Gasteiger partial charge in [-0.2, -0.15) is 0 Å². The zero-order valence-corrected chi connectivity index (χ0v) is 13.9. The van der Waals surface area contributed by atoms with Crippen molar-refractivity contribution in [2.45, 2.75) is 18.4 Å². The van der Waals surface area contributed by atoms with Crippen LogP contribution in [-0.4, -0.2) is 40.7 Å². The number of pyridine rings is 1. The Morgan fingerprint density at radius 2 is 1.85 bits per heavy atom. The Bertz CT molecular complexity index is 817. The van der Waals surface area contributed by atoms with Crippen LogP contribution >= 0.6 is 0 Å². The zero-order valence-electron chi connectivity index (χ0n) is 13.9. The van der Waals surface area contributed by atoms with Crippen LogP contribution < -0.4 is 15.4 Å². The molecule has 0 saturated carbocycles. The van der Waals surface area contributed by atoms with E-state index in [2.05, 4.69) is 4.98 Å². The number of amides is 1. The Balaban J connectivity index is 1.79. The summed E-state index contributed by atoms with van der Waals surface area (Å²) >= 11 is 0. The molecule has 7 nitrogen and oxygen atoms in total. The molecule has 0 unspecified atom stereocenters. The highest BCUT2D eigenvalue weighted by molar-refractivity contribution is 5.97. The number of primary amides is 1. The summed E-state index contributed by atoms with van der Waals surface area (Å²) in [5, 5.41) is 9.70. The number of nitrogens with zero attached hydrogens (tertiary/aromatic N) is 2. The Kier molecular flexibility index (Phi) is 4.75. The van der Waals surface area contributed by atoms with Crippen LogP contribution in [0.1, 0.15) is 23.2 Å². The van der Waals surface area contributed by atoms with Gasteiger partial charge in [-0.3, -0.25) is 4.79 Å².